The molecule has 1 unspecified atom stereocenters. The van der Waals surface area contributed by atoms with Gasteiger partial charge in [-0.25, -0.2) is 8.42 Å². The predicted molar refractivity (Wildman–Crippen MR) is 110 cm³/mol. The first-order valence-corrected chi connectivity index (χ1v) is 12.1. The average Bonchev–Trinajstić information content (AvgIpc) is 3.46. The van der Waals surface area contributed by atoms with Crippen molar-refractivity contribution in [2.24, 2.45) is 0 Å². The minimum atomic E-state index is -4.47. The van der Waals surface area contributed by atoms with Crippen LogP contribution in [0.15, 0.2) is 58.3 Å². The summed E-state index contributed by atoms with van der Waals surface area (Å²) in [6.07, 6.45) is -4.13. The van der Waals surface area contributed by atoms with Crippen LogP contribution in [0, 0.1) is 0 Å². The van der Waals surface area contributed by atoms with Gasteiger partial charge in [0.15, 0.2) is 9.84 Å². The first-order chi connectivity index (χ1) is 14.6. The number of carbonyl (C=O) groups excluding carboxylic acids is 1. The van der Waals surface area contributed by atoms with Gasteiger partial charge in [0, 0.05) is 11.6 Å². The van der Waals surface area contributed by atoms with E-state index in [1.807, 2.05) is 0 Å². The number of furan rings is 1. The van der Waals surface area contributed by atoms with Gasteiger partial charge in [-0.3, -0.25) is 4.79 Å². The van der Waals surface area contributed by atoms with Gasteiger partial charge in [0.2, 0.25) is 0 Å². The number of hydrogen-bond acceptors (Lipinski definition) is 5. The van der Waals surface area contributed by atoms with Crippen molar-refractivity contribution >= 4 is 27.1 Å². The molecule has 3 heterocycles. The van der Waals surface area contributed by atoms with Crippen molar-refractivity contribution in [1.82, 2.24) is 4.90 Å². The fourth-order valence-electron chi connectivity index (χ4n) is 3.56. The summed E-state index contributed by atoms with van der Waals surface area (Å²) in [5.41, 5.74) is -0.519. The highest BCUT2D eigenvalue weighted by molar-refractivity contribution is 7.91. The molecule has 0 radical (unpaired) electrons. The molecule has 0 bridgehead atoms. The molecule has 4 rings (SSSR count). The Morgan fingerprint density at radius 3 is 2.61 bits per heavy atom. The normalized spacial score (nSPS) is 18.2. The number of benzene rings is 1. The standard InChI is InChI=1S/C21H18F3NO4S2/c22-21(23,24)15-4-1-3-14(11-15)18-7-6-17(29-18)12-25(16-8-10-31(27,28)13-16)20(26)19-5-2-9-30-19/h1-7,9,11,16H,8,10,12-13H2. The maximum Gasteiger partial charge on any atom is 0.416 e. The van der Waals surface area contributed by atoms with Gasteiger partial charge < -0.3 is 9.32 Å². The van der Waals surface area contributed by atoms with Crippen molar-refractivity contribution in [2.75, 3.05) is 11.5 Å². The first kappa shape index (κ1) is 21.6. The van der Waals surface area contributed by atoms with E-state index < -0.39 is 27.6 Å². The fourth-order valence-corrected chi connectivity index (χ4v) is 5.97. The van der Waals surface area contributed by atoms with Gasteiger partial charge in [0.1, 0.15) is 11.5 Å². The number of amides is 1. The van der Waals surface area contributed by atoms with E-state index in [4.69, 9.17) is 4.42 Å². The summed E-state index contributed by atoms with van der Waals surface area (Å²) in [6.45, 7) is 0.0237. The van der Waals surface area contributed by atoms with E-state index in [1.165, 1.54) is 28.4 Å². The Kier molecular flexibility index (Phi) is 5.69. The number of rotatable bonds is 5. The van der Waals surface area contributed by atoms with Crippen molar-refractivity contribution < 1.29 is 30.8 Å². The number of thiophene rings is 1. The molecule has 1 aliphatic rings. The van der Waals surface area contributed by atoms with Gasteiger partial charge in [-0.2, -0.15) is 13.2 Å². The third kappa shape index (κ3) is 4.85. The highest BCUT2D eigenvalue weighted by atomic mass is 32.2. The molecule has 1 saturated heterocycles. The van der Waals surface area contributed by atoms with Crippen molar-refractivity contribution in [2.45, 2.75) is 25.2 Å². The molecule has 164 valence electrons. The van der Waals surface area contributed by atoms with Crippen LogP contribution in [0.25, 0.3) is 11.3 Å². The van der Waals surface area contributed by atoms with E-state index in [9.17, 15) is 26.4 Å². The zero-order valence-corrected chi connectivity index (χ0v) is 17.8. The van der Waals surface area contributed by atoms with Gasteiger partial charge in [-0.05, 0) is 42.1 Å². The summed E-state index contributed by atoms with van der Waals surface area (Å²) in [5, 5.41) is 1.76. The molecule has 3 aromatic rings. The zero-order chi connectivity index (χ0) is 22.2. The highest BCUT2D eigenvalue weighted by Gasteiger charge is 2.36. The van der Waals surface area contributed by atoms with E-state index in [2.05, 4.69) is 0 Å². The number of alkyl halides is 3. The van der Waals surface area contributed by atoms with Gasteiger partial charge >= 0.3 is 6.18 Å². The number of hydrogen-bond donors (Lipinski definition) is 0. The van der Waals surface area contributed by atoms with Crippen molar-refractivity contribution in [3.63, 3.8) is 0 Å². The van der Waals surface area contributed by atoms with Gasteiger partial charge in [-0.15, -0.1) is 11.3 Å². The monoisotopic (exact) mass is 469 g/mol. The summed E-state index contributed by atoms with van der Waals surface area (Å²) < 4.78 is 68.6. The zero-order valence-electron chi connectivity index (χ0n) is 16.1. The Balaban J connectivity index is 1.60. The Bertz CT molecular complexity index is 1180. The maximum atomic E-state index is 13.0. The lowest BCUT2D eigenvalue weighted by molar-refractivity contribution is -0.137. The van der Waals surface area contributed by atoms with E-state index in [0.717, 1.165) is 12.1 Å². The average molecular weight is 470 g/mol. The lowest BCUT2D eigenvalue weighted by Crippen LogP contribution is -2.40. The predicted octanol–water partition coefficient (Wildman–Crippen LogP) is 4.86. The van der Waals surface area contributed by atoms with Crippen LogP contribution in [0.1, 0.15) is 27.4 Å². The van der Waals surface area contributed by atoms with Crippen LogP contribution >= 0.6 is 11.3 Å². The first-order valence-electron chi connectivity index (χ1n) is 9.44. The lowest BCUT2D eigenvalue weighted by atomic mass is 10.1. The molecule has 1 fully saturated rings. The smallest absolute Gasteiger partial charge is 0.416 e. The second kappa shape index (κ2) is 8.16. The summed E-state index contributed by atoms with van der Waals surface area (Å²) >= 11 is 1.26. The van der Waals surface area contributed by atoms with E-state index in [1.54, 1.807) is 29.6 Å². The molecule has 0 aliphatic carbocycles. The quantitative estimate of drug-likeness (QED) is 0.536. The summed E-state index contributed by atoms with van der Waals surface area (Å²) in [5.74, 6) is 0.199. The van der Waals surface area contributed by atoms with Gasteiger partial charge in [0.25, 0.3) is 5.91 Å². The molecule has 1 aliphatic heterocycles. The molecular weight excluding hydrogens is 451 g/mol. The van der Waals surface area contributed by atoms with Crippen LogP contribution in [-0.4, -0.2) is 36.8 Å². The fraction of sp³-hybridized carbons (Fsp3) is 0.286. The number of halogens is 3. The second-order valence-electron chi connectivity index (χ2n) is 7.31. The largest absolute Gasteiger partial charge is 0.459 e. The third-order valence-electron chi connectivity index (χ3n) is 5.10. The molecule has 1 aromatic carbocycles. The molecule has 0 N–H and O–H groups in total. The minimum Gasteiger partial charge on any atom is -0.459 e. The number of sulfone groups is 1. The van der Waals surface area contributed by atoms with Crippen LogP contribution in [0.2, 0.25) is 0 Å². The maximum absolute atomic E-state index is 13.0. The number of carbonyl (C=O) groups is 1. The molecule has 2 aromatic heterocycles. The van der Waals surface area contributed by atoms with Crippen LogP contribution in [-0.2, 0) is 22.6 Å². The van der Waals surface area contributed by atoms with Crippen molar-refractivity contribution in [3.05, 3.63) is 70.1 Å². The molecule has 10 heteroatoms. The SMILES string of the molecule is O=C(c1cccs1)N(Cc1ccc(-c2cccc(C(F)(F)F)c2)o1)C1CCS(=O)(=O)C1. The molecule has 31 heavy (non-hydrogen) atoms. The van der Waals surface area contributed by atoms with E-state index in [-0.39, 0.29) is 35.3 Å². The van der Waals surface area contributed by atoms with Gasteiger partial charge in [-0.1, -0.05) is 18.2 Å². The molecule has 1 amide bonds. The Hall–Kier alpha value is -2.59. The van der Waals surface area contributed by atoms with Crippen LogP contribution in [0.4, 0.5) is 13.2 Å². The van der Waals surface area contributed by atoms with E-state index >= 15 is 0 Å². The number of nitrogens with zero attached hydrogens (tertiary/aromatic N) is 1. The summed E-state index contributed by atoms with van der Waals surface area (Å²) in [4.78, 5) is 15.0. The molecular formula is C21H18F3NO4S2. The molecule has 0 saturated carbocycles. The van der Waals surface area contributed by atoms with E-state index in [0.29, 0.717) is 17.1 Å². The van der Waals surface area contributed by atoms with Crippen LogP contribution in [0.5, 0.6) is 0 Å². The Morgan fingerprint density at radius 2 is 1.97 bits per heavy atom. The van der Waals surface area contributed by atoms with Crippen LogP contribution in [0.3, 0.4) is 0 Å². The van der Waals surface area contributed by atoms with Crippen molar-refractivity contribution in [3.8, 4) is 11.3 Å². The van der Waals surface area contributed by atoms with Crippen LogP contribution < -0.4 is 0 Å². The molecule has 5 nitrogen and oxygen atoms in total. The second-order valence-corrected chi connectivity index (χ2v) is 10.5. The highest BCUT2D eigenvalue weighted by Crippen LogP contribution is 2.33. The molecule has 0 spiro atoms. The lowest BCUT2D eigenvalue weighted by Gasteiger charge is -2.27. The van der Waals surface area contributed by atoms with Crippen molar-refractivity contribution in [1.29, 1.82) is 0 Å². The summed E-state index contributed by atoms with van der Waals surface area (Å²) in [6, 6.07) is 10.8. The topological polar surface area (TPSA) is 67.6 Å². The Morgan fingerprint density at radius 1 is 1.16 bits per heavy atom. The summed E-state index contributed by atoms with van der Waals surface area (Å²) in [7, 11) is -3.22. The molecule has 1 atom stereocenters. The van der Waals surface area contributed by atoms with Gasteiger partial charge in [0.05, 0.1) is 28.5 Å². The minimum absolute atomic E-state index is 0.0134. The Labute approximate surface area is 181 Å². The third-order valence-corrected chi connectivity index (χ3v) is 7.71.